The lowest BCUT2D eigenvalue weighted by molar-refractivity contribution is 0.303. The van der Waals surface area contributed by atoms with Crippen molar-refractivity contribution in [2.75, 3.05) is 18.1 Å². The fraction of sp³-hybridized carbons (Fsp3) is 0.333. The molecule has 0 atom stereocenters. The van der Waals surface area contributed by atoms with E-state index in [4.69, 9.17) is 4.74 Å². The molecule has 0 spiro atoms. The predicted molar refractivity (Wildman–Crippen MR) is 67.5 cm³/mol. The highest BCUT2D eigenvalue weighted by Gasteiger charge is 2.22. The first kappa shape index (κ1) is 12.3. The van der Waals surface area contributed by atoms with Gasteiger partial charge >= 0.3 is 0 Å². The predicted octanol–water partition coefficient (Wildman–Crippen LogP) is 2.52. The van der Waals surface area contributed by atoms with Gasteiger partial charge in [0.25, 0.3) is 0 Å². The van der Waals surface area contributed by atoms with Gasteiger partial charge in [-0.15, -0.1) is 10.2 Å². The van der Waals surface area contributed by atoms with Crippen LogP contribution in [-0.2, 0) is 6.54 Å². The lowest BCUT2D eigenvalue weighted by Gasteiger charge is -2.30. The van der Waals surface area contributed by atoms with Gasteiger partial charge in [0.2, 0.25) is 0 Å². The minimum Gasteiger partial charge on any atom is -0.489 e. The molecule has 2 heterocycles. The second-order valence-electron chi connectivity index (χ2n) is 4.22. The van der Waals surface area contributed by atoms with E-state index in [0.29, 0.717) is 31.1 Å². The van der Waals surface area contributed by atoms with Crippen LogP contribution in [-0.4, -0.2) is 23.3 Å². The number of ether oxygens (including phenoxy) is 1. The van der Waals surface area contributed by atoms with E-state index < -0.39 is 11.6 Å². The Morgan fingerprint density at radius 3 is 2.84 bits per heavy atom. The summed E-state index contributed by atoms with van der Waals surface area (Å²) in [5, 5.41) is 9.71. The Balaban J connectivity index is 1.91. The maximum atomic E-state index is 13.3. The number of benzene rings is 1. The second-order valence-corrected chi connectivity index (χ2v) is 5.49. The summed E-state index contributed by atoms with van der Waals surface area (Å²) in [5.74, 6) is -1.40. The molecule has 0 saturated heterocycles. The van der Waals surface area contributed by atoms with Crippen LogP contribution in [0.15, 0.2) is 12.1 Å². The molecular formula is C12H11F2N3OS. The third-order valence-corrected chi connectivity index (χ3v) is 3.68. The van der Waals surface area contributed by atoms with Gasteiger partial charge < -0.3 is 9.64 Å². The number of anilines is 1. The maximum absolute atomic E-state index is 13.3. The van der Waals surface area contributed by atoms with E-state index in [1.807, 2.05) is 11.8 Å². The van der Waals surface area contributed by atoms with Crippen molar-refractivity contribution in [3.8, 4) is 5.75 Å². The number of halogens is 2. The Bertz CT molecular complexity index is 617. The van der Waals surface area contributed by atoms with Gasteiger partial charge in [0.1, 0.15) is 22.4 Å². The van der Waals surface area contributed by atoms with Crippen LogP contribution in [0.1, 0.15) is 10.0 Å². The smallest absolute Gasteiger partial charge is 0.162 e. The summed E-state index contributed by atoms with van der Waals surface area (Å²) in [6, 6.07) is 2.25. The Morgan fingerprint density at radius 2 is 2.11 bits per heavy atom. The number of nitrogens with zero attached hydrogens (tertiary/aromatic N) is 3. The van der Waals surface area contributed by atoms with Gasteiger partial charge in [-0.3, -0.25) is 0 Å². The van der Waals surface area contributed by atoms with E-state index in [2.05, 4.69) is 10.2 Å². The van der Waals surface area contributed by atoms with Crippen LogP contribution in [0.2, 0.25) is 0 Å². The number of rotatable bonds is 2. The molecule has 1 aromatic carbocycles. The molecule has 19 heavy (non-hydrogen) atoms. The zero-order valence-electron chi connectivity index (χ0n) is 10.2. The topological polar surface area (TPSA) is 38.2 Å². The van der Waals surface area contributed by atoms with E-state index in [-0.39, 0.29) is 0 Å². The highest BCUT2D eigenvalue weighted by molar-refractivity contribution is 7.11. The molecule has 3 rings (SSSR count). The van der Waals surface area contributed by atoms with Gasteiger partial charge in [0.15, 0.2) is 11.6 Å². The molecule has 1 aliphatic rings. The average Bonchev–Trinajstić information content (AvgIpc) is 2.77. The van der Waals surface area contributed by atoms with Gasteiger partial charge in [-0.25, -0.2) is 8.78 Å². The lowest BCUT2D eigenvalue weighted by atomic mass is 10.2. The summed E-state index contributed by atoms with van der Waals surface area (Å²) in [6.45, 7) is 3.45. The minimum atomic E-state index is -0.896. The van der Waals surface area contributed by atoms with Gasteiger partial charge in [-0.05, 0) is 6.92 Å². The van der Waals surface area contributed by atoms with Crippen LogP contribution in [0.5, 0.6) is 5.75 Å². The molecule has 0 radical (unpaired) electrons. The fourth-order valence-corrected chi connectivity index (χ4v) is 2.72. The van der Waals surface area contributed by atoms with Crippen molar-refractivity contribution in [1.82, 2.24) is 10.2 Å². The Hall–Kier alpha value is -1.76. The lowest BCUT2D eigenvalue weighted by Crippen LogP contribution is -2.32. The second kappa shape index (κ2) is 4.73. The van der Waals surface area contributed by atoms with Crippen molar-refractivity contribution in [2.45, 2.75) is 13.5 Å². The summed E-state index contributed by atoms with van der Waals surface area (Å²) in [7, 11) is 0. The van der Waals surface area contributed by atoms with E-state index >= 15 is 0 Å². The molecule has 0 saturated carbocycles. The summed E-state index contributed by atoms with van der Waals surface area (Å²) in [5.41, 5.74) is 0.554. The zero-order chi connectivity index (χ0) is 13.4. The van der Waals surface area contributed by atoms with Crippen LogP contribution in [0.3, 0.4) is 0 Å². The third-order valence-electron chi connectivity index (χ3n) is 2.86. The molecule has 1 aliphatic heterocycles. The molecule has 0 N–H and O–H groups in total. The molecule has 0 amide bonds. The molecule has 7 heteroatoms. The summed E-state index contributed by atoms with van der Waals surface area (Å²) < 4.78 is 31.9. The van der Waals surface area contributed by atoms with Crippen molar-refractivity contribution < 1.29 is 13.5 Å². The Morgan fingerprint density at radius 1 is 1.32 bits per heavy atom. The monoisotopic (exact) mass is 283 g/mol. The van der Waals surface area contributed by atoms with Crippen LogP contribution in [0, 0.1) is 18.6 Å². The van der Waals surface area contributed by atoms with Crippen LogP contribution in [0.4, 0.5) is 14.5 Å². The summed E-state index contributed by atoms with van der Waals surface area (Å²) in [6.07, 6.45) is 0. The quantitative estimate of drug-likeness (QED) is 0.849. The Labute approximate surface area is 112 Å². The molecule has 4 nitrogen and oxygen atoms in total. The van der Waals surface area contributed by atoms with Crippen molar-refractivity contribution in [3.63, 3.8) is 0 Å². The molecular weight excluding hydrogens is 272 g/mol. The highest BCUT2D eigenvalue weighted by Crippen LogP contribution is 2.34. The first-order valence-electron chi connectivity index (χ1n) is 5.79. The SMILES string of the molecule is Cc1nnc(CN2CCOc3cc(F)c(F)cc32)s1. The standard InChI is InChI=1S/C12H11F2N3OS/c1-7-15-16-12(19-7)6-17-2-3-18-11-5-9(14)8(13)4-10(11)17/h4-5H,2-3,6H2,1H3. The number of hydrogen-bond donors (Lipinski definition) is 0. The molecule has 0 aliphatic carbocycles. The van der Waals surface area contributed by atoms with Crippen molar-refractivity contribution in [3.05, 3.63) is 33.8 Å². The van der Waals surface area contributed by atoms with E-state index in [0.717, 1.165) is 22.1 Å². The van der Waals surface area contributed by atoms with E-state index in [1.54, 1.807) is 0 Å². The molecule has 2 aromatic rings. The molecule has 100 valence electrons. The first-order chi connectivity index (χ1) is 9.13. The van der Waals surface area contributed by atoms with E-state index in [9.17, 15) is 8.78 Å². The van der Waals surface area contributed by atoms with Crippen molar-refractivity contribution >= 4 is 17.0 Å². The largest absolute Gasteiger partial charge is 0.489 e. The summed E-state index contributed by atoms with van der Waals surface area (Å²) in [4.78, 5) is 1.92. The molecule has 0 bridgehead atoms. The molecule has 0 fully saturated rings. The van der Waals surface area contributed by atoms with Gasteiger partial charge in [0, 0.05) is 12.1 Å². The first-order valence-corrected chi connectivity index (χ1v) is 6.61. The molecule has 0 unspecified atom stereocenters. The average molecular weight is 283 g/mol. The highest BCUT2D eigenvalue weighted by atomic mass is 32.1. The Kier molecular flexibility index (Phi) is 3.06. The number of aromatic nitrogens is 2. The van der Waals surface area contributed by atoms with Gasteiger partial charge in [-0.1, -0.05) is 11.3 Å². The fourth-order valence-electron chi connectivity index (χ4n) is 2.00. The van der Waals surface area contributed by atoms with Crippen LogP contribution < -0.4 is 9.64 Å². The van der Waals surface area contributed by atoms with Crippen molar-refractivity contribution in [1.29, 1.82) is 0 Å². The maximum Gasteiger partial charge on any atom is 0.162 e. The van der Waals surface area contributed by atoms with Crippen LogP contribution in [0.25, 0.3) is 0 Å². The van der Waals surface area contributed by atoms with Gasteiger partial charge in [-0.2, -0.15) is 0 Å². The number of hydrogen-bond acceptors (Lipinski definition) is 5. The van der Waals surface area contributed by atoms with E-state index in [1.165, 1.54) is 11.3 Å². The normalized spacial score (nSPS) is 14.2. The number of fused-ring (bicyclic) bond motifs is 1. The van der Waals surface area contributed by atoms with Crippen molar-refractivity contribution in [2.24, 2.45) is 0 Å². The zero-order valence-corrected chi connectivity index (χ0v) is 11.0. The number of aryl methyl sites for hydroxylation is 1. The third kappa shape index (κ3) is 2.37. The minimum absolute atomic E-state index is 0.367. The molecule has 1 aromatic heterocycles. The van der Waals surface area contributed by atoms with Crippen LogP contribution >= 0.6 is 11.3 Å². The van der Waals surface area contributed by atoms with Gasteiger partial charge in [0.05, 0.1) is 18.8 Å². The summed E-state index contributed by atoms with van der Waals surface area (Å²) >= 11 is 1.49.